The summed E-state index contributed by atoms with van der Waals surface area (Å²) in [7, 11) is 0. The first-order valence-corrected chi connectivity index (χ1v) is 9.31. The molecule has 0 amide bonds. The van der Waals surface area contributed by atoms with Crippen molar-refractivity contribution in [1.29, 1.82) is 0 Å². The van der Waals surface area contributed by atoms with Crippen LogP contribution in [0.5, 0.6) is 0 Å². The molecule has 2 nitrogen and oxygen atoms in total. The molecule has 0 saturated heterocycles. The molecule has 0 heterocycles. The third-order valence-corrected chi connectivity index (χ3v) is 7.82. The average molecular weight is 385 g/mol. The molecule has 25 heavy (non-hydrogen) atoms. The molecular weight excluding hydrogens is 355 g/mol. The van der Waals surface area contributed by atoms with Gasteiger partial charge in [-0.05, 0) is 68.8 Å². The highest BCUT2D eigenvalue weighted by Crippen LogP contribution is 2.64. The summed E-state index contributed by atoms with van der Waals surface area (Å²) in [4.78, 5) is 24.0. The predicted octanol–water partition coefficient (Wildman–Crippen LogP) is 5.49. The summed E-state index contributed by atoms with van der Waals surface area (Å²) in [6, 6.07) is 0. The Balaban J connectivity index is 0.00000113. The quantitative estimate of drug-likeness (QED) is 0.560. The first kappa shape index (κ1) is 20.7. The fourth-order valence-corrected chi connectivity index (χ4v) is 6.52. The van der Waals surface area contributed by atoms with Crippen molar-refractivity contribution in [2.24, 2.45) is 28.6 Å². The van der Waals surface area contributed by atoms with Crippen LogP contribution in [0.15, 0.2) is 23.3 Å². The summed E-state index contributed by atoms with van der Waals surface area (Å²) in [5.41, 5.74) is 3.27. The lowest BCUT2D eigenvalue weighted by atomic mass is 9.51. The van der Waals surface area contributed by atoms with Crippen LogP contribution in [0.2, 0.25) is 0 Å². The van der Waals surface area contributed by atoms with E-state index in [2.05, 4.69) is 19.9 Å². The largest absolute Gasteiger partial charge is 0.300 e. The van der Waals surface area contributed by atoms with Crippen LogP contribution < -0.4 is 0 Å². The second-order valence-corrected chi connectivity index (χ2v) is 8.83. The van der Waals surface area contributed by atoms with Gasteiger partial charge in [0.05, 0.1) is 0 Å². The van der Waals surface area contributed by atoms with Crippen LogP contribution in [-0.2, 0) is 9.59 Å². The summed E-state index contributed by atoms with van der Waals surface area (Å²) < 4.78 is 0. The van der Waals surface area contributed by atoms with Crippen molar-refractivity contribution in [3.05, 3.63) is 23.3 Å². The smallest absolute Gasteiger partial charge is 0.155 e. The fraction of sp³-hybridized carbons (Fsp3) is 0.714. The predicted molar refractivity (Wildman–Crippen MR) is 105 cm³/mol. The van der Waals surface area contributed by atoms with Gasteiger partial charge in [-0.1, -0.05) is 31.1 Å². The molecule has 4 aliphatic carbocycles. The lowest BCUT2D eigenvalue weighted by molar-refractivity contribution is -0.124. The van der Waals surface area contributed by atoms with E-state index < -0.39 is 0 Å². The van der Waals surface area contributed by atoms with Crippen molar-refractivity contribution in [3.8, 4) is 0 Å². The summed E-state index contributed by atoms with van der Waals surface area (Å²) in [5, 5.41) is 0. The Kier molecular flexibility index (Phi) is 5.67. The van der Waals surface area contributed by atoms with E-state index in [4.69, 9.17) is 0 Å². The molecule has 5 atom stereocenters. The molecule has 0 unspecified atom stereocenters. The molecule has 0 radical (unpaired) electrons. The minimum absolute atomic E-state index is 0. The van der Waals surface area contributed by atoms with Crippen LogP contribution in [0, 0.1) is 28.6 Å². The zero-order valence-electron chi connectivity index (χ0n) is 15.5. The second kappa shape index (κ2) is 6.85. The molecule has 0 aromatic carbocycles. The summed E-state index contributed by atoms with van der Waals surface area (Å²) in [6.07, 6.45) is 11.7. The highest BCUT2D eigenvalue weighted by Gasteiger charge is 2.56. The van der Waals surface area contributed by atoms with E-state index >= 15 is 0 Å². The highest BCUT2D eigenvalue weighted by atomic mass is 35.5. The SMILES string of the molecule is CC(=O)[C@H]1CC[C@H]2[C@@H]3CCC4=CC(=O)CC[C@]4(C)C3=CC[C@]12C.Cl.Cl. The van der Waals surface area contributed by atoms with Gasteiger partial charge in [0, 0.05) is 17.8 Å². The van der Waals surface area contributed by atoms with Gasteiger partial charge in [-0.25, -0.2) is 0 Å². The molecule has 4 heteroatoms. The number of fused-ring (bicyclic) bond motifs is 5. The first-order chi connectivity index (χ1) is 10.9. The van der Waals surface area contributed by atoms with Crippen molar-refractivity contribution in [1.82, 2.24) is 0 Å². The monoisotopic (exact) mass is 384 g/mol. The molecule has 0 aromatic rings. The average Bonchev–Trinajstić information content (AvgIpc) is 2.85. The first-order valence-electron chi connectivity index (χ1n) is 9.31. The summed E-state index contributed by atoms with van der Waals surface area (Å²) in [5.74, 6) is 2.25. The highest BCUT2D eigenvalue weighted by molar-refractivity contribution is 5.92. The standard InChI is InChI=1S/C21H28O2.2ClH/c1-13(22)17-6-7-18-16-5-4-14-12-15(23)8-10-20(14,2)19(16)9-11-21(17,18)3;;/h9,12,16-18H,4-8,10-11H2,1-3H3;2*1H/t16-,17+,18-,20-,21+;;/m0../s1. The molecule has 0 aromatic heterocycles. The molecule has 140 valence electrons. The van der Waals surface area contributed by atoms with Gasteiger partial charge in [-0.3, -0.25) is 9.59 Å². The normalized spacial score (nSPS) is 41.9. The number of carbonyl (C=O) groups is 2. The van der Waals surface area contributed by atoms with Gasteiger partial charge in [0.2, 0.25) is 0 Å². The Hall–Kier alpha value is -0.600. The van der Waals surface area contributed by atoms with Gasteiger partial charge in [-0.15, -0.1) is 24.8 Å². The summed E-state index contributed by atoms with van der Waals surface area (Å²) in [6.45, 7) is 6.51. The lowest BCUT2D eigenvalue weighted by Gasteiger charge is -2.53. The lowest BCUT2D eigenvalue weighted by Crippen LogP contribution is -2.45. The molecular formula is C21H30Cl2O2. The van der Waals surface area contributed by atoms with Crippen molar-refractivity contribution < 1.29 is 9.59 Å². The number of halogens is 2. The Labute approximate surface area is 163 Å². The third-order valence-electron chi connectivity index (χ3n) is 7.82. The zero-order chi connectivity index (χ0) is 16.4. The van der Waals surface area contributed by atoms with Gasteiger partial charge in [0.1, 0.15) is 5.78 Å². The van der Waals surface area contributed by atoms with Crippen LogP contribution >= 0.6 is 24.8 Å². The van der Waals surface area contributed by atoms with Crippen molar-refractivity contribution in [2.45, 2.75) is 65.7 Å². The number of rotatable bonds is 1. The Morgan fingerprint density at radius 2 is 1.84 bits per heavy atom. The number of Topliss-reactive ketones (excluding diaryl/α,β-unsaturated/α-hetero) is 1. The molecule has 0 aliphatic heterocycles. The van der Waals surface area contributed by atoms with E-state index in [9.17, 15) is 9.59 Å². The Bertz CT molecular complexity index is 650. The molecule has 4 aliphatic rings. The van der Waals surface area contributed by atoms with Crippen molar-refractivity contribution in [2.75, 3.05) is 0 Å². The van der Waals surface area contributed by atoms with E-state index in [1.165, 1.54) is 18.4 Å². The van der Waals surface area contributed by atoms with Gasteiger partial charge in [-0.2, -0.15) is 0 Å². The maximum absolute atomic E-state index is 12.1. The molecule has 0 bridgehead atoms. The van der Waals surface area contributed by atoms with Gasteiger partial charge >= 0.3 is 0 Å². The Morgan fingerprint density at radius 3 is 2.52 bits per heavy atom. The maximum Gasteiger partial charge on any atom is 0.155 e. The van der Waals surface area contributed by atoms with Crippen LogP contribution in [0.4, 0.5) is 0 Å². The Morgan fingerprint density at radius 1 is 1.12 bits per heavy atom. The number of ketones is 2. The fourth-order valence-electron chi connectivity index (χ4n) is 6.52. The molecule has 4 rings (SSSR count). The molecule has 2 fully saturated rings. The second-order valence-electron chi connectivity index (χ2n) is 8.83. The van der Waals surface area contributed by atoms with Gasteiger partial charge in [0.15, 0.2) is 5.78 Å². The van der Waals surface area contributed by atoms with Crippen molar-refractivity contribution in [3.63, 3.8) is 0 Å². The van der Waals surface area contributed by atoms with Gasteiger partial charge in [0.25, 0.3) is 0 Å². The zero-order valence-corrected chi connectivity index (χ0v) is 17.1. The van der Waals surface area contributed by atoms with Crippen LogP contribution in [-0.4, -0.2) is 11.6 Å². The van der Waals surface area contributed by atoms with Crippen LogP contribution in [0.1, 0.15) is 65.7 Å². The summed E-state index contributed by atoms with van der Waals surface area (Å²) >= 11 is 0. The number of allylic oxidation sites excluding steroid dienone is 4. The van der Waals surface area contributed by atoms with Crippen LogP contribution in [0.3, 0.4) is 0 Å². The van der Waals surface area contributed by atoms with E-state index in [-0.39, 0.29) is 41.6 Å². The van der Waals surface area contributed by atoms with Gasteiger partial charge < -0.3 is 0 Å². The number of carbonyl (C=O) groups excluding carboxylic acids is 2. The van der Waals surface area contributed by atoms with E-state index in [0.29, 0.717) is 29.8 Å². The van der Waals surface area contributed by atoms with E-state index in [1.54, 1.807) is 12.5 Å². The maximum atomic E-state index is 12.1. The minimum Gasteiger partial charge on any atom is -0.300 e. The minimum atomic E-state index is 0. The van der Waals surface area contributed by atoms with Crippen molar-refractivity contribution >= 4 is 36.4 Å². The molecule has 2 saturated carbocycles. The van der Waals surface area contributed by atoms with E-state index in [0.717, 1.165) is 25.7 Å². The topological polar surface area (TPSA) is 34.1 Å². The number of hydrogen-bond acceptors (Lipinski definition) is 2. The molecule has 0 N–H and O–H groups in total. The molecule has 0 spiro atoms. The van der Waals surface area contributed by atoms with Crippen LogP contribution in [0.25, 0.3) is 0 Å². The third kappa shape index (κ3) is 2.84. The van der Waals surface area contributed by atoms with E-state index in [1.807, 2.05) is 6.08 Å². The number of hydrogen-bond donors (Lipinski definition) is 0.